The maximum atomic E-state index is 13.2. The van der Waals surface area contributed by atoms with Crippen LogP contribution in [0.1, 0.15) is 36.7 Å². The van der Waals surface area contributed by atoms with E-state index in [0.29, 0.717) is 19.1 Å². The summed E-state index contributed by atoms with van der Waals surface area (Å²) in [4.78, 5) is 17.7. The molecule has 0 bridgehead atoms. The topological polar surface area (TPSA) is 44.1 Å². The summed E-state index contributed by atoms with van der Waals surface area (Å²) in [6.07, 6.45) is 3.83. The molecule has 1 unspecified atom stereocenters. The molecule has 0 radical (unpaired) electrons. The first-order valence-corrected chi connectivity index (χ1v) is 9.43. The molecule has 1 atom stereocenters. The lowest BCUT2D eigenvalue weighted by Crippen LogP contribution is -2.41. The zero-order valence-electron chi connectivity index (χ0n) is 15.7. The standard InChI is InChI=1S/C23H24N2O2/c1-17(2)21-24-13-14-25(21)15-20-16-27-22(26)23(20,18-9-5-3-6-10-18)19-11-7-4-8-12-19/h3-14,17,20H,15-16H2,1-2H3. The Morgan fingerprint density at radius 2 is 1.67 bits per heavy atom. The molecule has 2 aromatic carbocycles. The molecule has 4 nitrogen and oxygen atoms in total. The Bertz CT molecular complexity index is 876. The lowest BCUT2D eigenvalue weighted by molar-refractivity contribution is -0.141. The SMILES string of the molecule is CC(C)c1nccn1CC1COC(=O)C1(c1ccccc1)c1ccccc1. The highest BCUT2D eigenvalue weighted by molar-refractivity contribution is 5.90. The highest BCUT2D eigenvalue weighted by Crippen LogP contribution is 2.45. The highest BCUT2D eigenvalue weighted by Gasteiger charge is 2.55. The molecule has 0 saturated carbocycles. The van der Waals surface area contributed by atoms with Gasteiger partial charge in [0.05, 0.1) is 6.61 Å². The van der Waals surface area contributed by atoms with Crippen LogP contribution in [0.4, 0.5) is 0 Å². The van der Waals surface area contributed by atoms with Gasteiger partial charge in [-0.15, -0.1) is 0 Å². The summed E-state index contributed by atoms with van der Waals surface area (Å²) in [6, 6.07) is 20.0. The number of ether oxygens (including phenoxy) is 1. The Hall–Kier alpha value is -2.88. The number of carbonyl (C=O) groups excluding carboxylic acids is 1. The Balaban J connectivity index is 1.85. The number of hydrogen-bond donors (Lipinski definition) is 0. The fourth-order valence-electron chi connectivity index (χ4n) is 4.26. The zero-order valence-corrected chi connectivity index (χ0v) is 15.7. The van der Waals surface area contributed by atoms with Gasteiger partial charge in [-0.25, -0.2) is 4.98 Å². The van der Waals surface area contributed by atoms with Gasteiger partial charge in [0.25, 0.3) is 0 Å². The van der Waals surface area contributed by atoms with Gasteiger partial charge >= 0.3 is 5.97 Å². The predicted octanol–water partition coefficient (Wildman–Crippen LogP) is 4.17. The van der Waals surface area contributed by atoms with E-state index in [-0.39, 0.29) is 11.9 Å². The molecule has 27 heavy (non-hydrogen) atoms. The average molecular weight is 360 g/mol. The molecule has 1 aromatic heterocycles. The lowest BCUT2D eigenvalue weighted by atomic mass is 9.67. The van der Waals surface area contributed by atoms with Gasteiger partial charge < -0.3 is 9.30 Å². The van der Waals surface area contributed by atoms with Crippen LogP contribution in [0.15, 0.2) is 73.1 Å². The molecule has 4 heteroatoms. The molecular formula is C23H24N2O2. The second kappa shape index (κ2) is 7.03. The van der Waals surface area contributed by atoms with Crippen LogP contribution in [0.2, 0.25) is 0 Å². The van der Waals surface area contributed by atoms with Gasteiger partial charge in [0, 0.05) is 30.8 Å². The third-order valence-corrected chi connectivity index (χ3v) is 5.49. The molecular weight excluding hydrogens is 336 g/mol. The Kier molecular flexibility index (Phi) is 4.56. The van der Waals surface area contributed by atoms with E-state index in [1.54, 1.807) is 0 Å². The van der Waals surface area contributed by atoms with Crippen LogP contribution in [0, 0.1) is 5.92 Å². The molecule has 0 amide bonds. The van der Waals surface area contributed by atoms with Crippen LogP contribution in [-0.2, 0) is 21.5 Å². The summed E-state index contributed by atoms with van der Waals surface area (Å²) in [5.74, 6) is 1.17. The van der Waals surface area contributed by atoms with E-state index >= 15 is 0 Å². The number of hydrogen-bond acceptors (Lipinski definition) is 3. The smallest absolute Gasteiger partial charge is 0.321 e. The second-order valence-corrected chi connectivity index (χ2v) is 7.43. The van der Waals surface area contributed by atoms with Gasteiger partial charge in [-0.1, -0.05) is 74.5 Å². The molecule has 2 heterocycles. The van der Waals surface area contributed by atoms with Crippen LogP contribution >= 0.6 is 0 Å². The van der Waals surface area contributed by atoms with E-state index in [0.717, 1.165) is 17.0 Å². The second-order valence-electron chi connectivity index (χ2n) is 7.43. The first kappa shape index (κ1) is 17.5. The fourth-order valence-corrected chi connectivity index (χ4v) is 4.26. The number of carbonyl (C=O) groups is 1. The van der Waals surface area contributed by atoms with E-state index in [1.807, 2.05) is 73.1 Å². The molecule has 4 rings (SSSR count). The Morgan fingerprint density at radius 1 is 1.07 bits per heavy atom. The van der Waals surface area contributed by atoms with Crippen molar-refractivity contribution in [2.75, 3.05) is 6.61 Å². The van der Waals surface area contributed by atoms with Gasteiger partial charge in [0.15, 0.2) is 0 Å². The van der Waals surface area contributed by atoms with Crippen molar-refractivity contribution in [1.82, 2.24) is 9.55 Å². The summed E-state index contributed by atoms with van der Waals surface area (Å²) in [6.45, 7) is 5.36. The summed E-state index contributed by atoms with van der Waals surface area (Å²) in [5, 5.41) is 0. The molecule has 3 aromatic rings. The lowest BCUT2D eigenvalue weighted by Gasteiger charge is -2.33. The molecule has 1 fully saturated rings. The van der Waals surface area contributed by atoms with E-state index in [1.165, 1.54) is 0 Å². The predicted molar refractivity (Wildman–Crippen MR) is 104 cm³/mol. The maximum absolute atomic E-state index is 13.2. The zero-order chi connectivity index (χ0) is 18.9. The largest absolute Gasteiger partial charge is 0.464 e. The molecule has 1 aliphatic heterocycles. The van der Waals surface area contributed by atoms with Crippen molar-refractivity contribution >= 4 is 5.97 Å². The third-order valence-electron chi connectivity index (χ3n) is 5.49. The minimum Gasteiger partial charge on any atom is -0.464 e. The molecule has 138 valence electrons. The van der Waals surface area contributed by atoms with Crippen LogP contribution < -0.4 is 0 Å². The number of nitrogens with zero attached hydrogens (tertiary/aromatic N) is 2. The van der Waals surface area contributed by atoms with Crippen LogP contribution in [-0.4, -0.2) is 22.1 Å². The van der Waals surface area contributed by atoms with Crippen LogP contribution in [0.3, 0.4) is 0 Å². The highest BCUT2D eigenvalue weighted by atomic mass is 16.5. The minimum absolute atomic E-state index is 0.0125. The van der Waals surface area contributed by atoms with Crippen molar-refractivity contribution in [1.29, 1.82) is 0 Å². The summed E-state index contributed by atoms with van der Waals surface area (Å²) < 4.78 is 7.83. The van der Waals surface area contributed by atoms with Gasteiger partial charge in [-0.05, 0) is 11.1 Å². The first-order valence-electron chi connectivity index (χ1n) is 9.43. The fraction of sp³-hybridized carbons (Fsp3) is 0.304. The van der Waals surface area contributed by atoms with Gasteiger partial charge in [0.2, 0.25) is 0 Å². The quantitative estimate of drug-likeness (QED) is 0.642. The Morgan fingerprint density at radius 3 is 2.22 bits per heavy atom. The van der Waals surface area contributed by atoms with Crippen molar-refractivity contribution in [3.05, 3.63) is 90.0 Å². The monoisotopic (exact) mass is 360 g/mol. The van der Waals surface area contributed by atoms with E-state index in [9.17, 15) is 4.79 Å². The van der Waals surface area contributed by atoms with Crippen molar-refractivity contribution in [2.45, 2.75) is 31.7 Å². The summed E-state index contributed by atoms with van der Waals surface area (Å²) in [7, 11) is 0. The van der Waals surface area contributed by atoms with Gasteiger partial charge in [-0.2, -0.15) is 0 Å². The number of esters is 1. The van der Waals surface area contributed by atoms with Crippen molar-refractivity contribution in [3.8, 4) is 0 Å². The van der Waals surface area contributed by atoms with Crippen LogP contribution in [0.5, 0.6) is 0 Å². The number of rotatable bonds is 5. The van der Waals surface area contributed by atoms with Crippen molar-refractivity contribution in [3.63, 3.8) is 0 Å². The average Bonchev–Trinajstić information content (AvgIpc) is 3.29. The number of cyclic esters (lactones) is 1. The van der Waals surface area contributed by atoms with E-state index in [4.69, 9.17) is 4.74 Å². The van der Waals surface area contributed by atoms with Crippen molar-refractivity contribution < 1.29 is 9.53 Å². The van der Waals surface area contributed by atoms with E-state index < -0.39 is 5.41 Å². The third kappa shape index (κ3) is 2.85. The molecule has 1 saturated heterocycles. The summed E-state index contributed by atoms with van der Waals surface area (Å²) >= 11 is 0. The van der Waals surface area contributed by atoms with Gasteiger partial charge in [0.1, 0.15) is 11.2 Å². The number of aromatic nitrogens is 2. The van der Waals surface area contributed by atoms with Gasteiger partial charge in [-0.3, -0.25) is 4.79 Å². The number of imidazole rings is 1. The normalized spacial score (nSPS) is 18.6. The maximum Gasteiger partial charge on any atom is 0.321 e. The van der Waals surface area contributed by atoms with Crippen molar-refractivity contribution in [2.24, 2.45) is 5.92 Å². The molecule has 0 N–H and O–H groups in total. The molecule has 0 spiro atoms. The minimum atomic E-state index is -0.805. The van der Waals surface area contributed by atoms with Crippen LogP contribution in [0.25, 0.3) is 0 Å². The molecule has 1 aliphatic rings. The van der Waals surface area contributed by atoms with E-state index in [2.05, 4.69) is 23.4 Å². The first-order chi connectivity index (χ1) is 13.1. The molecule has 0 aliphatic carbocycles. The number of benzene rings is 2. The Labute approximate surface area is 159 Å². The summed E-state index contributed by atoms with van der Waals surface area (Å²) in [5.41, 5.74) is 1.16.